The molecule has 3 aromatic rings. The SMILES string of the molecule is COC(CNc1nnc(Cc2ccc(F)cc2)s1)c1ccccc1. The number of aromatic nitrogens is 2. The normalized spacial score (nSPS) is 12.1. The van der Waals surface area contributed by atoms with E-state index in [9.17, 15) is 4.39 Å². The summed E-state index contributed by atoms with van der Waals surface area (Å²) in [4.78, 5) is 0. The van der Waals surface area contributed by atoms with Crippen LogP contribution in [0.5, 0.6) is 0 Å². The van der Waals surface area contributed by atoms with Crippen LogP contribution < -0.4 is 5.32 Å². The molecule has 1 unspecified atom stereocenters. The standard InChI is InChI=1S/C18H18FN3OS/c1-23-16(14-5-3-2-4-6-14)12-20-18-22-21-17(24-18)11-13-7-9-15(19)10-8-13/h2-10,16H,11-12H2,1H3,(H,20,22). The number of nitrogens with zero attached hydrogens (tertiary/aromatic N) is 2. The molecule has 0 bridgehead atoms. The first kappa shape index (κ1) is 16.5. The van der Waals surface area contributed by atoms with Gasteiger partial charge in [-0.1, -0.05) is 53.8 Å². The highest BCUT2D eigenvalue weighted by Crippen LogP contribution is 2.21. The van der Waals surface area contributed by atoms with E-state index in [-0.39, 0.29) is 11.9 Å². The molecule has 124 valence electrons. The predicted molar refractivity (Wildman–Crippen MR) is 93.8 cm³/mol. The Labute approximate surface area is 144 Å². The topological polar surface area (TPSA) is 47.0 Å². The van der Waals surface area contributed by atoms with Gasteiger partial charge in [0.2, 0.25) is 5.13 Å². The minimum atomic E-state index is -0.232. The van der Waals surface area contributed by atoms with E-state index in [4.69, 9.17) is 4.74 Å². The van der Waals surface area contributed by atoms with Gasteiger partial charge in [0.05, 0.1) is 6.10 Å². The Kier molecular flexibility index (Phi) is 5.51. The highest BCUT2D eigenvalue weighted by molar-refractivity contribution is 7.15. The minimum absolute atomic E-state index is 0.0457. The van der Waals surface area contributed by atoms with Crippen LogP contribution in [0.15, 0.2) is 54.6 Å². The maximum absolute atomic E-state index is 12.9. The lowest BCUT2D eigenvalue weighted by atomic mass is 10.1. The Bertz CT molecular complexity index is 761. The first-order chi connectivity index (χ1) is 11.7. The van der Waals surface area contributed by atoms with Crippen LogP contribution in [0.25, 0.3) is 0 Å². The zero-order chi connectivity index (χ0) is 16.8. The lowest BCUT2D eigenvalue weighted by Gasteiger charge is -2.15. The van der Waals surface area contributed by atoms with E-state index in [2.05, 4.69) is 15.5 Å². The van der Waals surface area contributed by atoms with Crippen LogP contribution in [-0.2, 0) is 11.2 Å². The van der Waals surface area contributed by atoms with Gasteiger partial charge in [0, 0.05) is 20.1 Å². The van der Waals surface area contributed by atoms with Gasteiger partial charge in [-0.2, -0.15) is 0 Å². The summed E-state index contributed by atoms with van der Waals surface area (Å²) in [5.74, 6) is -0.232. The lowest BCUT2D eigenvalue weighted by molar-refractivity contribution is 0.114. The van der Waals surface area contributed by atoms with E-state index in [0.717, 1.165) is 21.3 Å². The molecule has 24 heavy (non-hydrogen) atoms. The highest BCUT2D eigenvalue weighted by Gasteiger charge is 2.11. The fraction of sp³-hybridized carbons (Fsp3) is 0.222. The van der Waals surface area contributed by atoms with E-state index >= 15 is 0 Å². The number of hydrogen-bond donors (Lipinski definition) is 1. The summed E-state index contributed by atoms with van der Waals surface area (Å²) < 4.78 is 18.5. The molecule has 3 rings (SSSR count). The number of methoxy groups -OCH3 is 1. The van der Waals surface area contributed by atoms with Crippen LogP contribution in [0.3, 0.4) is 0 Å². The minimum Gasteiger partial charge on any atom is -0.375 e. The molecule has 4 nitrogen and oxygen atoms in total. The smallest absolute Gasteiger partial charge is 0.205 e. The second-order valence-corrected chi connectivity index (χ2v) is 6.38. The largest absolute Gasteiger partial charge is 0.375 e. The maximum atomic E-state index is 12.9. The maximum Gasteiger partial charge on any atom is 0.205 e. The molecule has 0 aliphatic carbocycles. The number of hydrogen-bond acceptors (Lipinski definition) is 5. The van der Waals surface area contributed by atoms with Crippen LogP contribution in [0.2, 0.25) is 0 Å². The fourth-order valence-electron chi connectivity index (χ4n) is 2.36. The van der Waals surface area contributed by atoms with Crippen LogP contribution >= 0.6 is 11.3 Å². The first-order valence-electron chi connectivity index (χ1n) is 7.63. The summed E-state index contributed by atoms with van der Waals surface area (Å²) in [5, 5.41) is 13.3. The fourth-order valence-corrected chi connectivity index (χ4v) is 3.14. The molecule has 1 atom stereocenters. The third-order valence-electron chi connectivity index (χ3n) is 3.63. The number of halogens is 1. The first-order valence-corrected chi connectivity index (χ1v) is 8.44. The quantitative estimate of drug-likeness (QED) is 0.702. The molecule has 0 spiro atoms. The zero-order valence-corrected chi connectivity index (χ0v) is 14.1. The van der Waals surface area contributed by atoms with E-state index in [1.54, 1.807) is 19.2 Å². The van der Waals surface area contributed by atoms with Crippen LogP contribution in [0.1, 0.15) is 22.2 Å². The Morgan fingerprint density at radius 2 is 1.83 bits per heavy atom. The average Bonchev–Trinajstić information content (AvgIpc) is 3.06. The molecule has 0 radical (unpaired) electrons. The Morgan fingerprint density at radius 3 is 2.54 bits per heavy atom. The number of benzene rings is 2. The summed E-state index contributed by atoms with van der Waals surface area (Å²) in [5.41, 5.74) is 2.13. The zero-order valence-electron chi connectivity index (χ0n) is 13.3. The van der Waals surface area contributed by atoms with Gasteiger partial charge in [-0.3, -0.25) is 0 Å². The number of rotatable bonds is 7. The molecule has 6 heteroatoms. The molecule has 1 N–H and O–H groups in total. The third kappa shape index (κ3) is 4.37. The lowest BCUT2D eigenvalue weighted by Crippen LogP contribution is -2.14. The number of nitrogens with one attached hydrogen (secondary N) is 1. The van der Waals surface area contributed by atoms with Crippen molar-refractivity contribution in [1.29, 1.82) is 0 Å². The Balaban J connectivity index is 1.58. The van der Waals surface area contributed by atoms with Crippen LogP contribution in [-0.4, -0.2) is 23.9 Å². The molecule has 0 aliphatic heterocycles. The van der Waals surface area contributed by atoms with Crippen molar-refractivity contribution in [2.75, 3.05) is 19.0 Å². The molecule has 0 saturated carbocycles. The van der Waals surface area contributed by atoms with Gasteiger partial charge in [0.1, 0.15) is 10.8 Å². The van der Waals surface area contributed by atoms with Crippen molar-refractivity contribution in [2.24, 2.45) is 0 Å². The van der Waals surface area contributed by atoms with Crippen LogP contribution in [0.4, 0.5) is 9.52 Å². The summed E-state index contributed by atoms with van der Waals surface area (Å²) in [6.07, 6.45) is 0.599. The monoisotopic (exact) mass is 343 g/mol. The molecular weight excluding hydrogens is 325 g/mol. The molecule has 0 fully saturated rings. The Morgan fingerprint density at radius 1 is 1.08 bits per heavy atom. The van der Waals surface area contributed by atoms with Gasteiger partial charge in [-0.25, -0.2) is 4.39 Å². The van der Waals surface area contributed by atoms with Crippen molar-refractivity contribution in [3.8, 4) is 0 Å². The summed E-state index contributed by atoms with van der Waals surface area (Å²) in [6, 6.07) is 16.5. The van der Waals surface area contributed by atoms with Gasteiger partial charge < -0.3 is 10.1 Å². The molecule has 1 aromatic heterocycles. The van der Waals surface area contributed by atoms with Crippen molar-refractivity contribution in [3.05, 3.63) is 76.5 Å². The van der Waals surface area contributed by atoms with Crippen molar-refractivity contribution in [2.45, 2.75) is 12.5 Å². The molecular formula is C18H18FN3OS. The predicted octanol–water partition coefficient (Wildman–Crippen LogP) is 4.07. The van der Waals surface area contributed by atoms with Crippen molar-refractivity contribution < 1.29 is 9.13 Å². The number of ether oxygens (including phenoxy) is 1. The van der Waals surface area contributed by atoms with E-state index in [0.29, 0.717) is 13.0 Å². The molecule has 2 aromatic carbocycles. The van der Waals surface area contributed by atoms with E-state index < -0.39 is 0 Å². The van der Waals surface area contributed by atoms with Crippen molar-refractivity contribution >= 4 is 16.5 Å². The third-order valence-corrected chi connectivity index (χ3v) is 4.51. The second kappa shape index (κ2) is 7.99. The van der Waals surface area contributed by atoms with Gasteiger partial charge in [0.15, 0.2) is 0 Å². The molecule has 0 saturated heterocycles. The summed E-state index contributed by atoms with van der Waals surface area (Å²) in [6.45, 7) is 0.617. The number of anilines is 1. The second-order valence-electron chi connectivity index (χ2n) is 5.32. The van der Waals surface area contributed by atoms with Gasteiger partial charge in [-0.15, -0.1) is 10.2 Å². The van der Waals surface area contributed by atoms with Gasteiger partial charge >= 0.3 is 0 Å². The van der Waals surface area contributed by atoms with Gasteiger partial charge in [-0.05, 0) is 23.3 Å². The summed E-state index contributed by atoms with van der Waals surface area (Å²) in [7, 11) is 1.69. The highest BCUT2D eigenvalue weighted by atomic mass is 32.1. The molecule has 0 amide bonds. The van der Waals surface area contributed by atoms with E-state index in [1.165, 1.54) is 23.5 Å². The van der Waals surface area contributed by atoms with Gasteiger partial charge in [0.25, 0.3) is 0 Å². The summed E-state index contributed by atoms with van der Waals surface area (Å²) >= 11 is 1.50. The van der Waals surface area contributed by atoms with E-state index in [1.807, 2.05) is 30.3 Å². The van der Waals surface area contributed by atoms with Crippen LogP contribution in [0, 0.1) is 5.82 Å². The molecule has 1 heterocycles. The van der Waals surface area contributed by atoms with Crippen molar-refractivity contribution in [3.63, 3.8) is 0 Å². The Hall–Kier alpha value is -2.31. The molecule has 0 aliphatic rings. The van der Waals surface area contributed by atoms with Crippen molar-refractivity contribution in [1.82, 2.24) is 10.2 Å². The average molecular weight is 343 g/mol.